The van der Waals surface area contributed by atoms with Gasteiger partial charge in [-0.1, -0.05) is 12.8 Å². The van der Waals surface area contributed by atoms with Crippen LogP contribution in [0.1, 0.15) is 44.9 Å². The van der Waals surface area contributed by atoms with E-state index >= 15 is 0 Å². The van der Waals surface area contributed by atoms with Gasteiger partial charge >= 0.3 is 6.03 Å². The lowest BCUT2D eigenvalue weighted by Crippen LogP contribution is -2.39. The molecule has 2 unspecified atom stereocenters. The van der Waals surface area contributed by atoms with E-state index in [4.69, 9.17) is 5.73 Å². The summed E-state index contributed by atoms with van der Waals surface area (Å²) < 4.78 is 0. The van der Waals surface area contributed by atoms with Gasteiger partial charge < -0.3 is 21.7 Å². The predicted octanol–water partition coefficient (Wildman–Crippen LogP) is 1.38. The molecule has 3 amide bonds. The first kappa shape index (κ1) is 19.7. The number of carbonyl (C=O) groups is 2. The summed E-state index contributed by atoms with van der Waals surface area (Å²) in [6.45, 7) is 0.673. The third kappa shape index (κ3) is 4.70. The Balaban J connectivity index is 0.00000208. The second kappa shape index (κ2) is 9.15. The first-order chi connectivity index (χ1) is 11.2. The summed E-state index contributed by atoms with van der Waals surface area (Å²) in [5.41, 5.74) is 5.76. The fourth-order valence-electron chi connectivity index (χ4n) is 4.06. The summed E-state index contributed by atoms with van der Waals surface area (Å²) in [6, 6.07) is 0.815. The molecule has 0 aromatic heterocycles. The van der Waals surface area contributed by atoms with Crippen LogP contribution in [0.25, 0.3) is 0 Å². The summed E-state index contributed by atoms with van der Waals surface area (Å²) in [5, 5.41) is 9.62. The fourth-order valence-corrected chi connectivity index (χ4v) is 5.61. The van der Waals surface area contributed by atoms with Crippen molar-refractivity contribution in [2.75, 3.05) is 12.3 Å². The van der Waals surface area contributed by atoms with Crippen molar-refractivity contribution in [2.45, 2.75) is 68.3 Å². The van der Waals surface area contributed by atoms with Crippen LogP contribution in [0, 0.1) is 5.92 Å². The van der Waals surface area contributed by atoms with Gasteiger partial charge in [-0.05, 0) is 38.1 Å². The Hall–Kier alpha value is -0.660. The first-order valence-electron chi connectivity index (χ1n) is 8.85. The zero-order chi connectivity index (χ0) is 16.2. The maximum atomic E-state index is 12.1. The number of rotatable bonds is 7. The molecule has 2 aliphatic heterocycles. The Morgan fingerprint density at radius 2 is 2.12 bits per heavy atom. The third-order valence-electron chi connectivity index (χ3n) is 5.39. The molecule has 3 fully saturated rings. The van der Waals surface area contributed by atoms with E-state index in [2.05, 4.69) is 16.0 Å². The number of nitrogens with two attached hydrogens (primary N) is 1. The molecule has 3 rings (SSSR count). The lowest BCUT2D eigenvalue weighted by Gasteiger charge is -2.19. The third-order valence-corrected chi connectivity index (χ3v) is 6.90. The Bertz CT molecular complexity index is 454. The summed E-state index contributed by atoms with van der Waals surface area (Å²) >= 11 is 1.93. The number of nitrogens with one attached hydrogen (secondary N) is 3. The molecule has 2 saturated heterocycles. The van der Waals surface area contributed by atoms with Crippen molar-refractivity contribution in [2.24, 2.45) is 11.7 Å². The van der Waals surface area contributed by atoms with Crippen molar-refractivity contribution in [3.05, 3.63) is 0 Å². The number of thioether (sulfide) groups is 1. The van der Waals surface area contributed by atoms with E-state index in [9.17, 15) is 9.59 Å². The predicted molar refractivity (Wildman–Crippen MR) is 99.5 cm³/mol. The summed E-state index contributed by atoms with van der Waals surface area (Å²) in [6.07, 6.45) is 7.01. The van der Waals surface area contributed by atoms with Crippen LogP contribution in [0.5, 0.6) is 0 Å². The van der Waals surface area contributed by atoms with Crippen LogP contribution >= 0.6 is 24.2 Å². The largest absolute Gasteiger partial charge is 0.353 e. The highest BCUT2D eigenvalue weighted by Crippen LogP contribution is 2.33. The van der Waals surface area contributed by atoms with Crippen molar-refractivity contribution in [3.63, 3.8) is 0 Å². The van der Waals surface area contributed by atoms with Crippen molar-refractivity contribution in [3.8, 4) is 0 Å². The SMILES string of the molecule is Cl.NCC1CCCC1NC(=O)CCCC[C@@H]1SC[C@@H]2NC(=O)N[C@@H]21. The Kier molecular flexibility index (Phi) is 7.50. The molecular formula is C16H29ClN4O2S. The van der Waals surface area contributed by atoms with E-state index in [0.717, 1.165) is 37.9 Å². The van der Waals surface area contributed by atoms with E-state index in [-0.39, 0.29) is 36.4 Å². The van der Waals surface area contributed by atoms with Gasteiger partial charge in [-0.3, -0.25) is 4.79 Å². The number of hydrogen-bond acceptors (Lipinski definition) is 4. The first-order valence-corrected chi connectivity index (χ1v) is 9.90. The number of hydrogen-bond donors (Lipinski definition) is 4. The molecule has 0 bridgehead atoms. The minimum atomic E-state index is -0.0318. The highest BCUT2D eigenvalue weighted by molar-refractivity contribution is 8.00. The summed E-state index contributed by atoms with van der Waals surface area (Å²) in [5.74, 6) is 1.63. The topological polar surface area (TPSA) is 96.2 Å². The molecule has 5 N–H and O–H groups in total. The Morgan fingerprint density at radius 3 is 2.92 bits per heavy atom. The highest BCUT2D eigenvalue weighted by atomic mass is 35.5. The Labute approximate surface area is 154 Å². The second-order valence-corrected chi connectivity index (χ2v) is 8.24. The molecule has 8 heteroatoms. The number of unbranched alkanes of at least 4 members (excludes halogenated alkanes) is 1. The van der Waals surface area contributed by atoms with Crippen LogP contribution in [-0.2, 0) is 4.79 Å². The lowest BCUT2D eigenvalue weighted by atomic mass is 10.0. The molecular weight excluding hydrogens is 348 g/mol. The number of amides is 3. The quantitative estimate of drug-likeness (QED) is 0.398. The van der Waals surface area contributed by atoms with Gasteiger partial charge in [0.25, 0.3) is 0 Å². The van der Waals surface area contributed by atoms with E-state index in [0.29, 0.717) is 30.2 Å². The zero-order valence-corrected chi connectivity index (χ0v) is 15.6. The summed E-state index contributed by atoms with van der Waals surface area (Å²) in [4.78, 5) is 23.4. The molecule has 5 atom stereocenters. The number of carbonyl (C=O) groups excluding carboxylic acids is 2. The fraction of sp³-hybridized carbons (Fsp3) is 0.875. The minimum Gasteiger partial charge on any atom is -0.353 e. The monoisotopic (exact) mass is 376 g/mol. The van der Waals surface area contributed by atoms with Crippen molar-refractivity contribution < 1.29 is 9.59 Å². The maximum absolute atomic E-state index is 12.1. The van der Waals surface area contributed by atoms with Crippen LogP contribution in [-0.4, -0.2) is 47.6 Å². The highest BCUT2D eigenvalue weighted by Gasteiger charge is 2.42. The average Bonchev–Trinajstić information content (AvgIpc) is 3.20. The van der Waals surface area contributed by atoms with E-state index < -0.39 is 0 Å². The Morgan fingerprint density at radius 1 is 1.29 bits per heavy atom. The molecule has 1 saturated carbocycles. The van der Waals surface area contributed by atoms with Gasteiger partial charge in [0.05, 0.1) is 12.1 Å². The molecule has 0 aromatic carbocycles. The molecule has 3 aliphatic rings. The smallest absolute Gasteiger partial charge is 0.315 e. The normalized spacial score (nSPS) is 34.2. The van der Waals surface area contributed by atoms with Crippen LogP contribution in [0.2, 0.25) is 0 Å². The van der Waals surface area contributed by atoms with Crippen LogP contribution in [0.3, 0.4) is 0 Å². The van der Waals surface area contributed by atoms with Gasteiger partial charge in [-0.15, -0.1) is 12.4 Å². The molecule has 6 nitrogen and oxygen atoms in total. The van der Waals surface area contributed by atoms with Crippen LogP contribution in [0.4, 0.5) is 4.79 Å². The van der Waals surface area contributed by atoms with Crippen LogP contribution < -0.4 is 21.7 Å². The van der Waals surface area contributed by atoms with Gasteiger partial charge in [0, 0.05) is 23.5 Å². The van der Waals surface area contributed by atoms with Crippen molar-refractivity contribution >= 4 is 36.1 Å². The van der Waals surface area contributed by atoms with Gasteiger partial charge in [0.1, 0.15) is 0 Å². The number of urea groups is 1. The van der Waals surface area contributed by atoms with E-state index in [1.807, 2.05) is 11.8 Å². The molecule has 138 valence electrons. The maximum Gasteiger partial charge on any atom is 0.315 e. The summed E-state index contributed by atoms with van der Waals surface area (Å²) in [7, 11) is 0. The molecule has 1 aliphatic carbocycles. The van der Waals surface area contributed by atoms with E-state index in [1.165, 1.54) is 6.42 Å². The van der Waals surface area contributed by atoms with Gasteiger partial charge in [0.2, 0.25) is 5.91 Å². The van der Waals surface area contributed by atoms with E-state index in [1.54, 1.807) is 0 Å². The lowest BCUT2D eigenvalue weighted by molar-refractivity contribution is -0.122. The van der Waals surface area contributed by atoms with Crippen molar-refractivity contribution in [1.29, 1.82) is 0 Å². The number of fused-ring (bicyclic) bond motifs is 1. The molecule has 0 aromatic rings. The molecule has 0 radical (unpaired) electrons. The molecule has 0 spiro atoms. The second-order valence-electron chi connectivity index (χ2n) is 6.97. The molecule has 2 heterocycles. The number of halogens is 1. The van der Waals surface area contributed by atoms with Crippen LogP contribution in [0.15, 0.2) is 0 Å². The van der Waals surface area contributed by atoms with Gasteiger partial charge in [-0.25, -0.2) is 4.79 Å². The average molecular weight is 377 g/mol. The zero-order valence-electron chi connectivity index (χ0n) is 14.0. The standard InChI is InChI=1S/C16H28N4O2S.ClH/c17-8-10-4-3-5-11(10)18-14(21)7-2-1-6-13-15-12(9-23-13)19-16(22)20-15;/h10-13,15H,1-9,17H2,(H,18,21)(H2,19,20,22);1H/t10?,11?,12-,13-,15-;/m0./s1. The van der Waals surface area contributed by atoms with Crippen molar-refractivity contribution in [1.82, 2.24) is 16.0 Å². The minimum absolute atomic E-state index is 0. The molecule has 24 heavy (non-hydrogen) atoms. The van der Waals surface area contributed by atoms with Gasteiger partial charge in [-0.2, -0.15) is 11.8 Å². The van der Waals surface area contributed by atoms with Gasteiger partial charge in [0.15, 0.2) is 0 Å².